The lowest BCUT2D eigenvalue weighted by Crippen LogP contribution is -2.44. The molecule has 1 unspecified atom stereocenters. The van der Waals surface area contributed by atoms with E-state index in [0.29, 0.717) is 10.0 Å². The van der Waals surface area contributed by atoms with Crippen LogP contribution in [0, 0.1) is 5.92 Å². The van der Waals surface area contributed by atoms with E-state index in [1.165, 1.54) is 18.1 Å². The molecule has 2 rings (SSSR count). The van der Waals surface area contributed by atoms with Gasteiger partial charge in [-0.25, -0.2) is 4.79 Å². The lowest BCUT2D eigenvalue weighted by molar-refractivity contribution is -0.148. The Morgan fingerprint density at radius 1 is 1.48 bits per heavy atom. The number of nitrogens with zero attached hydrogens (tertiary/aromatic N) is 1. The third kappa shape index (κ3) is 3.82. The number of phenolic OH excluding ortho intramolecular Hbond substituents is 1. The summed E-state index contributed by atoms with van der Waals surface area (Å²) in [6.07, 6.45) is 0.0313. The number of methoxy groups -OCH3 is 1. The number of ether oxygens (including phenoxy) is 1. The normalized spacial score (nSPS) is 18.8. The molecule has 124 valence electrons. The van der Waals surface area contributed by atoms with Gasteiger partial charge in [0.05, 0.1) is 17.5 Å². The minimum absolute atomic E-state index is 0.0295. The van der Waals surface area contributed by atoms with Crippen molar-refractivity contribution in [3.8, 4) is 5.75 Å². The van der Waals surface area contributed by atoms with E-state index in [1.54, 1.807) is 12.1 Å². The molecule has 0 bridgehead atoms. The van der Waals surface area contributed by atoms with E-state index in [-0.39, 0.29) is 31.0 Å². The quantitative estimate of drug-likeness (QED) is 0.737. The van der Waals surface area contributed by atoms with Crippen molar-refractivity contribution < 1.29 is 29.3 Å². The molecule has 1 amide bonds. The summed E-state index contributed by atoms with van der Waals surface area (Å²) in [6, 6.07) is 3.56. The topological polar surface area (TPSA) is 104 Å². The van der Waals surface area contributed by atoms with Crippen LogP contribution in [0.2, 0.25) is 0 Å². The Bertz CT molecular complexity index is 647. The average molecular weight is 386 g/mol. The third-order valence-corrected chi connectivity index (χ3v) is 4.43. The van der Waals surface area contributed by atoms with Gasteiger partial charge in [-0.05, 0) is 33.6 Å². The number of rotatable bonds is 5. The molecule has 1 fully saturated rings. The van der Waals surface area contributed by atoms with Crippen LogP contribution in [0.4, 0.5) is 0 Å². The van der Waals surface area contributed by atoms with Crippen molar-refractivity contribution in [1.29, 1.82) is 0 Å². The zero-order valence-corrected chi connectivity index (χ0v) is 13.9. The Morgan fingerprint density at radius 3 is 2.74 bits per heavy atom. The predicted octanol–water partition coefficient (Wildman–Crippen LogP) is 1.17. The van der Waals surface area contributed by atoms with Crippen LogP contribution in [0.5, 0.6) is 5.75 Å². The molecule has 23 heavy (non-hydrogen) atoms. The van der Waals surface area contributed by atoms with E-state index in [4.69, 9.17) is 0 Å². The number of phenols is 1. The van der Waals surface area contributed by atoms with Crippen LogP contribution in [0.1, 0.15) is 12.0 Å². The van der Waals surface area contributed by atoms with Gasteiger partial charge in [-0.1, -0.05) is 6.07 Å². The molecule has 0 aromatic heterocycles. The number of carbonyl (C=O) groups is 3. The SMILES string of the molecule is COC(=O)C1CC(=O)N([C@@H](Cc2ccc(O)c(Br)c2)C(=O)O)C1. The molecule has 0 radical (unpaired) electrons. The number of halogens is 1. The van der Waals surface area contributed by atoms with Crippen LogP contribution < -0.4 is 0 Å². The van der Waals surface area contributed by atoms with Gasteiger partial charge in [-0.3, -0.25) is 9.59 Å². The number of hydrogen-bond acceptors (Lipinski definition) is 5. The van der Waals surface area contributed by atoms with Crippen LogP contribution in [0.3, 0.4) is 0 Å². The van der Waals surface area contributed by atoms with Crippen molar-refractivity contribution >= 4 is 33.8 Å². The van der Waals surface area contributed by atoms with E-state index >= 15 is 0 Å². The minimum atomic E-state index is -1.15. The van der Waals surface area contributed by atoms with Gasteiger partial charge in [0.25, 0.3) is 0 Å². The fraction of sp³-hybridized carbons (Fsp3) is 0.400. The smallest absolute Gasteiger partial charge is 0.326 e. The van der Waals surface area contributed by atoms with E-state index in [2.05, 4.69) is 20.7 Å². The summed E-state index contributed by atoms with van der Waals surface area (Å²) in [7, 11) is 1.23. The van der Waals surface area contributed by atoms with E-state index in [9.17, 15) is 24.6 Å². The molecule has 1 heterocycles. The van der Waals surface area contributed by atoms with Gasteiger partial charge < -0.3 is 19.8 Å². The van der Waals surface area contributed by atoms with E-state index < -0.39 is 23.9 Å². The maximum absolute atomic E-state index is 12.1. The number of benzene rings is 1. The number of carbonyl (C=O) groups excluding carboxylic acids is 2. The first-order chi connectivity index (χ1) is 10.8. The molecule has 2 N–H and O–H groups in total. The summed E-state index contributed by atoms with van der Waals surface area (Å²) in [5.41, 5.74) is 0.649. The zero-order chi connectivity index (χ0) is 17.1. The molecule has 1 aromatic carbocycles. The highest BCUT2D eigenvalue weighted by Gasteiger charge is 2.41. The molecule has 0 spiro atoms. The summed E-state index contributed by atoms with van der Waals surface area (Å²) in [4.78, 5) is 36.4. The molecule has 7 nitrogen and oxygen atoms in total. The lowest BCUT2D eigenvalue weighted by atomic mass is 10.0. The Balaban J connectivity index is 2.18. The van der Waals surface area contributed by atoms with Crippen molar-refractivity contribution in [2.45, 2.75) is 18.9 Å². The maximum Gasteiger partial charge on any atom is 0.326 e. The Morgan fingerprint density at radius 2 is 2.17 bits per heavy atom. The summed E-state index contributed by atoms with van der Waals surface area (Å²) in [5.74, 6) is -2.64. The summed E-state index contributed by atoms with van der Waals surface area (Å²) in [6.45, 7) is 0.0295. The van der Waals surface area contributed by atoms with Gasteiger partial charge >= 0.3 is 11.9 Å². The van der Waals surface area contributed by atoms with Crippen molar-refractivity contribution in [3.63, 3.8) is 0 Å². The number of carboxylic acids is 1. The van der Waals surface area contributed by atoms with Gasteiger partial charge in [0, 0.05) is 19.4 Å². The summed E-state index contributed by atoms with van der Waals surface area (Å²) in [5, 5.41) is 18.9. The Hall–Kier alpha value is -2.09. The Labute approximate surface area is 141 Å². The molecule has 0 aliphatic carbocycles. The number of aromatic hydroxyl groups is 1. The number of hydrogen-bond donors (Lipinski definition) is 2. The average Bonchev–Trinajstić information content (AvgIpc) is 2.89. The van der Waals surface area contributed by atoms with Crippen LogP contribution in [-0.2, 0) is 25.5 Å². The molecule has 2 atom stereocenters. The number of esters is 1. The largest absolute Gasteiger partial charge is 0.507 e. The standard InChI is InChI=1S/C15H16BrNO6/c1-23-15(22)9-6-13(19)17(7-9)11(14(20)21)5-8-2-3-12(18)10(16)4-8/h2-4,9,11,18H,5-7H2,1H3,(H,20,21)/t9?,11-/m0/s1. The second-order valence-electron chi connectivity index (χ2n) is 5.31. The Kier molecular flexibility index (Phi) is 5.25. The van der Waals surface area contributed by atoms with E-state index in [0.717, 1.165) is 0 Å². The highest BCUT2D eigenvalue weighted by molar-refractivity contribution is 9.10. The molecular weight excluding hydrogens is 370 g/mol. The van der Waals surface area contributed by atoms with Crippen LogP contribution in [0.15, 0.2) is 22.7 Å². The third-order valence-electron chi connectivity index (χ3n) is 3.80. The second-order valence-corrected chi connectivity index (χ2v) is 6.17. The zero-order valence-electron chi connectivity index (χ0n) is 12.4. The van der Waals surface area contributed by atoms with Crippen LogP contribution in [-0.4, -0.2) is 52.7 Å². The minimum Gasteiger partial charge on any atom is -0.507 e. The maximum atomic E-state index is 12.1. The molecule has 1 saturated heterocycles. The predicted molar refractivity (Wildman–Crippen MR) is 82.8 cm³/mol. The summed E-state index contributed by atoms with van der Waals surface area (Å²) < 4.78 is 5.06. The van der Waals surface area contributed by atoms with Gasteiger partial charge in [-0.15, -0.1) is 0 Å². The molecule has 8 heteroatoms. The van der Waals surface area contributed by atoms with Crippen molar-refractivity contribution in [1.82, 2.24) is 4.90 Å². The highest BCUT2D eigenvalue weighted by Crippen LogP contribution is 2.27. The van der Waals surface area contributed by atoms with Crippen molar-refractivity contribution in [2.24, 2.45) is 5.92 Å². The molecule has 1 aromatic rings. The first-order valence-corrected chi connectivity index (χ1v) is 7.70. The first kappa shape index (κ1) is 17.3. The van der Waals surface area contributed by atoms with Gasteiger partial charge in [0.15, 0.2) is 0 Å². The molecule has 1 aliphatic rings. The van der Waals surface area contributed by atoms with Crippen molar-refractivity contribution in [3.05, 3.63) is 28.2 Å². The van der Waals surface area contributed by atoms with Crippen molar-refractivity contribution in [2.75, 3.05) is 13.7 Å². The number of aliphatic carboxylic acids is 1. The van der Waals surface area contributed by atoms with Crippen LogP contribution >= 0.6 is 15.9 Å². The fourth-order valence-corrected chi connectivity index (χ4v) is 3.02. The number of carboxylic acid groups (broad SMARTS) is 1. The second kappa shape index (κ2) is 6.99. The first-order valence-electron chi connectivity index (χ1n) is 6.91. The highest BCUT2D eigenvalue weighted by atomic mass is 79.9. The van der Waals surface area contributed by atoms with Gasteiger partial charge in [-0.2, -0.15) is 0 Å². The van der Waals surface area contributed by atoms with Gasteiger partial charge in [0.1, 0.15) is 11.8 Å². The fourth-order valence-electron chi connectivity index (χ4n) is 2.59. The van der Waals surface area contributed by atoms with E-state index in [1.807, 2.05) is 0 Å². The monoisotopic (exact) mass is 385 g/mol. The lowest BCUT2D eigenvalue weighted by Gasteiger charge is -2.24. The van der Waals surface area contributed by atoms with Gasteiger partial charge in [0.2, 0.25) is 5.91 Å². The molecular formula is C15H16BrNO6. The van der Waals surface area contributed by atoms with Crippen LogP contribution in [0.25, 0.3) is 0 Å². The molecule has 0 saturated carbocycles. The molecule has 1 aliphatic heterocycles. The number of amides is 1. The number of likely N-dealkylation sites (tertiary alicyclic amines) is 1. The summed E-state index contributed by atoms with van der Waals surface area (Å²) >= 11 is 3.17.